The maximum Gasteiger partial charge on any atom is 0.231 e. The summed E-state index contributed by atoms with van der Waals surface area (Å²) in [5.41, 5.74) is 7.67. The first-order valence-corrected chi connectivity index (χ1v) is 6.19. The summed E-state index contributed by atoms with van der Waals surface area (Å²) in [5.74, 6) is -0.286. The van der Waals surface area contributed by atoms with Crippen LogP contribution in [0.3, 0.4) is 0 Å². The van der Waals surface area contributed by atoms with Crippen LogP contribution in [-0.4, -0.2) is 37.5 Å². The lowest BCUT2D eigenvalue weighted by Crippen LogP contribution is -2.38. The number of primary amides is 1. The van der Waals surface area contributed by atoms with E-state index in [0.29, 0.717) is 6.54 Å². The molecule has 100 valence electrons. The molecule has 1 amide bonds. The summed E-state index contributed by atoms with van der Waals surface area (Å²) in [6, 6.07) is 8.49. The lowest BCUT2D eigenvalue weighted by atomic mass is 10.1. The minimum atomic E-state index is -0.286. The Morgan fingerprint density at radius 1 is 1.28 bits per heavy atom. The van der Waals surface area contributed by atoms with Gasteiger partial charge in [0.25, 0.3) is 0 Å². The summed E-state index contributed by atoms with van der Waals surface area (Å²) in [6.45, 7) is 5.16. The summed E-state index contributed by atoms with van der Waals surface area (Å²) in [5, 5.41) is 0. The first-order chi connectivity index (χ1) is 8.41. The van der Waals surface area contributed by atoms with Gasteiger partial charge in [-0.1, -0.05) is 18.2 Å². The molecule has 0 aliphatic heterocycles. The first-order valence-electron chi connectivity index (χ1n) is 6.19. The molecule has 0 unspecified atom stereocenters. The van der Waals surface area contributed by atoms with E-state index in [1.54, 1.807) is 0 Å². The summed E-state index contributed by atoms with van der Waals surface area (Å²) in [6.07, 6.45) is 0. The van der Waals surface area contributed by atoms with Gasteiger partial charge < -0.3 is 10.6 Å². The summed E-state index contributed by atoms with van der Waals surface area (Å²) in [7, 11) is 4.04. The molecule has 4 heteroatoms. The van der Waals surface area contributed by atoms with Gasteiger partial charge >= 0.3 is 0 Å². The third-order valence-electron chi connectivity index (χ3n) is 2.94. The SMILES string of the molecule is CC(C)N(CC(N)=O)Cc1ccccc1N(C)C. The molecule has 0 aromatic heterocycles. The van der Waals surface area contributed by atoms with Crippen molar-refractivity contribution in [3.8, 4) is 0 Å². The fraction of sp³-hybridized carbons (Fsp3) is 0.500. The lowest BCUT2D eigenvalue weighted by molar-refractivity contribution is -0.119. The van der Waals surface area contributed by atoms with Crippen LogP contribution >= 0.6 is 0 Å². The predicted octanol–water partition coefficient (Wildman–Crippen LogP) is 1.45. The first kappa shape index (κ1) is 14.5. The molecule has 2 N–H and O–H groups in total. The Hall–Kier alpha value is -1.55. The number of nitrogens with zero attached hydrogens (tertiary/aromatic N) is 2. The van der Waals surface area contributed by atoms with Crippen LogP contribution in [0, 0.1) is 0 Å². The van der Waals surface area contributed by atoms with Crippen LogP contribution in [-0.2, 0) is 11.3 Å². The summed E-state index contributed by atoms with van der Waals surface area (Å²) in [4.78, 5) is 15.2. The highest BCUT2D eigenvalue weighted by atomic mass is 16.1. The average molecular weight is 249 g/mol. The minimum Gasteiger partial charge on any atom is -0.377 e. The van der Waals surface area contributed by atoms with Crippen molar-refractivity contribution in [1.82, 2.24) is 4.90 Å². The Morgan fingerprint density at radius 2 is 1.89 bits per heavy atom. The van der Waals surface area contributed by atoms with Crippen molar-refractivity contribution in [3.63, 3.8) is 0 Å². The van der Waals surface area contributed by atoms with Gasteiger partial charge in [-0.3, -0.25) is 9.69 Å². The molecule has 0 saturated heterocycles. The molecule has 4 nitrogen and oxygen atoms in total. The number of hydrogen-bond donors (Lipinski definition) is 1. The number of anilines is 1. The van der Waals surface area contributed by atoms with Crippen molar-refractivity contribution in [2.45, 2.75) is 26.4 Å². The van der Waals surface area contributed by atoms with Crippen molar-refractivity contribution >= 4 is 11.6 Å². The van der Waals surface area contributed by atoms with Gasteiger partial charge in [0.2, 0.25) is 5.91 Å². The maximum absolute atomic E-state index is 11.1. The molecule has 0 saturated carbocycles. The normalized spacial score (nSPS) is 11.0. The van der Waals surface area contributed by atoms with Crippen LogP contribution in [0.25, 0.3) is 0 Å². The van der Waals surface area contributed by atoms with Crippen LogP contribution < -0.4 is 10.6 Å². The summed E-state index contributed by atoms with van der Waals surface area (Å²) < 4.78 is 0. The number of rotatable bonds is 6. The third-order valence-corrected chi connectivity index (χ3v) is 2.94. The van der Waals surface area contributed by atoms with E-state index >= 15 is 0 Å². The monoisotopic (exact) mass is 249 g/mol. The number of amides is 1. The molecule has 1 rings (SSSR count). The van der Waals surface area contributed by atoms with Crippen LogP contribution in [0.2, 0.25) is 0 Å². The zero-order valence-electron chi connectivity index (χ0n) is 11.7. The highest BCUT2D eigenvalue weighted by Gasteiger charge is 2.14. The number of para-hydroxylation sites is 1. The maximum atomic E-state index is 11.1. The Kier molecular flexibility index (Phi) is 5.16. The van der Waals surface area contributed by atoms with Gasteiger partial charge in [0, 0.05) is 32.4 Å². The van der Waals surface area contributed by atoms with Crippen molar-refractivity contribution in [2.75, 3.05) is 25.5 Å². The molecular weight excluding hydrogens is 226 g/mol. The number of carbonyl (C=O) groups is 1. The molecule has 0 heterocycles. The van der Waals surface area contributed by atoms with E-state index in [4.69, 9.17) is 5.73 Å². The molecule has 0 atom stereocenters. The fourth-order valence-corrected chi connectivity index (χ4v) is 1.92. The zero-order chi connectivity index (χ0) is 13.7. The van der Waals surface area contributed by atoms with Crippen LogP contribution in [0.4, 0.5) is 5.69 Å². The van der Waals surface area contributed by atoms with E-state index in [2.05, 4.69) is 35.8 Å². The van der Waals surface area contributed by atoms with Gasteiger partial charge in [0.05, 0.1) is 6.54 Å². The quantitative estimate of drug-likeness (QED) is 0.830. The molecular formula is C14H23N3O. The van der Waals surface area contributed by atoms with E-state index < -0.39 is 0 Å². The van der Waals surface area contributed by atoms with Crippen molar-refractivity contribution in [1.29, 1.82) is 0 Å². The second-order valence-electron chi connectivity index (χ2n) is 4.99. The number of hydrogen-bond acceptors (Lipinski definition) is 3. The van der Waals surface area contributed by atoms with Crippen LogP contribution in [0.1, 0.15) is 19.4 Å². The molecule has 0 fully saturated rings. The van der Waals surface area contributed by atoms with E-state index in [9.17, 15) is 4.79 Å². The van der Waals surface area contributed by atoms with Crippen molar-refractivity contribution in [3.05, 3.63) is 29.8 Å². The minimum absolute atomic E-state index is 0.285. The van der Waals surface area contributed by atoms with E-state index in [0.717, 1.165) is 6.54 Å². The highest BCUT2D eigenvalue weighted by Crippen LogP contribution is 2.20. The molecule has 0 radical (unpaired) electrons. The largest absolute Gasteiger partial charge is 0.377 e. The standard InChI is InChI=1S/C14H23N3O/c1-11(2)17(10-14(15)18)9-12-7-5-6-8-13(12)16(3)4/h5-8,11H,9-10H2,1-4H3,(H2,15,18). The van der Waals surface area contributed by atoms with Crippen molar-refractivity contribution in [2.24, 2.45) is 5.73 Å². The fourth-order valence-electron chi connectivity index (χ4n) is 1.92. The zero-order valence-corrected chi connectivity index (χ0v) is 11.7. The topological polar surface area (TPSA) is 49.6 Å². The number of carbonyl (C=O) groups excluding carboxylic acids is 1. The van der Waals surface area contributed by atoms with Gasteiger partial charge in [0.1, 0.15) is 0 Å². The Morgan fingerprint density at radius 3 is 2.39 bits per heavy atom. The molecule has 1 aromatic rings. The van der Waals surface area contributed by atoms with E-state index in [1.165, 1.54) is 11.3 Å². The van der Waals surface area contributed by atoms with Crippen LogP contribution in [0.5, 0.6) is 0 Å². The molecule has 0 bridgehead atoms. The Labute approximate surface area is 109 Å². The Balaban J connectivity index is 2.90. The van der Waals surface area contributed by atoms with E-state index in [1.807, 2.05) is 26.2 Å². The van der Waals surface area contributed by atoms with Gasteiger partial charge in [-0.15, -0.1) is 0 Å². The molecule has 1 aromatic carbocycles. The summed E-state index contributed by atoms with van der Waals surface area (Å²) >= 11 is 0. The number of nitrogens with two attached hydrogens (primary N) is 1. The van der Waals surface area contributed by atoms with Crippen molar-refractivity contribution < 1.29 is 4.79 Å². The average Bonchev–Trinajstić information content (AvgIpc) is 2.27. The second-order valence-corrected chi connectivity index (χ2v) is 4.99. The molecule has 0 aliphatic rings. The van der Waals surface area contributed by atoms with Crippen LogP contribution in [0.15, 0.2) is 24.3 Å². The van der Waals surface area contributed by atoms with Gasteiger partial charge in [0.15, 0.2) is 0 Å². The third kappa shape index (κ3) is 4.04. The van der Waals surface area contributed by atoms with E-state index in [-0.39, 0.29) is 11.9 Å². The lowest BCUT2D eigenvalue weighted by Gasteiger charge is -2.27. The number of benzene rings is 1. The van der Waals surface area contributed by atoms with Gasteiger partial charge in [-0.05, 0) is 25.5 Å². The van der Waals surface area contributed by atoms with Gasteiger partial charge in [-0.2, -0.15) is 0 Å². The van der Waals surface area contributed by atoms with Gasteiger partial charge in [-0.25, -0.2) is 0 Å². The highest BCUT2D eigenvalue weighted by molar-refractivity contribution is 5.76. The molecule has 0 spiro atoms. The molecule has 0 aliphatic carbocycles. The predicted molar refractivity (Wildman–Crippen MR) is 75.5 cm³/mol. The molecule has 18 heavy (non-hydrogen) atoms. The smallest absolute Gasteiger partial charge is 0.231 e. The second kappa shape index (κ2) is 6.40. The Bertz CT molecular complexity index is 402.